The van der Waals surface area contributed by atoms with Gasteiger partial charge in [0, 0.05) is 28.3 Å². The highest BCUT2D eigenvalue weighted by Gasteiger charge is 2.05. The lowest BCUT2D eigenvalue weighted by atomic mass is 10.2. The molecule has 1 aromatic carbocycles. The molecule has 0 bridgehead atoms. The van der Waals surface area contributed by atoms with Gasteiger partial charge in [-0.05, 0) is 36.6 Å². The standard InChI is InChI=1S/C15H16IN/c1-3-5-6-14-10-13-9-12(11-16)7-8-15(13)17(14)4-2/h7-10H,3-4,11H2,1-2H3. The van der Waals surface area contributed by atoms with E-state index < -0.39 is 0 Å². The molecule has 0 unspecified atom stereocenters. The molecule has 1 aromatic heterocycles. The van der Waals surface area contributed by atoms with E-state index in [0.717, 1.165) is 23.1 Å². The van der Waals surface area contributed by atoms with E-state index in [4.69, 9.17) is 0 Å². The Labute approximate surface area is 116 Å². The lowest BCUT2D eigenvalue weighted by molar-refractivity contribution is 0.787. The van der Waals surface area contributed by atoms with Gasteiger partial charge in [0.25, 0.3) is 0 Å². The van der Waals surface area contributed by atoms with Gasteiger partial charge in [0.1, 0.15) is 0 Å². The van der Waals surface area contributed by atoms with E-state index in [2.05, 4.69) is 77.1 Å². The average Bonchev–Trinajstić information content (AvgIpc) is 2.72. The van der Waals surface area contributed by atoms with E-state index in [1.807, 2.05) is 0 Å². The molecule has 0 radical (unpaired) electrons. The molecule has 0 aliphatic carbocycles. The van der Waals surface area contributed by atoms with Gasteiger partial charge in [-0.15, -0.1) is 0 Å². The number of benzene rings is 1. The number of aryl methyl sites for hydroxylation is 1. The summed E-state index contributed by atoms with van der Waals surface area (Å²) in [5.41, 5.74) is 3.80. The van der Waals surface area contributed by atoms with Crippen molar-refractivity contribution in [2.45, 2.75) is 31.2 Å². The smallest absolute Gasteiger partial charge is 0.0930 e. The SMILES string of the molecule is CCC#Cc1cc2cc(CI)ccc2n1CC. The molecule has 17 heavy (non-hydrogen) atoms. The lowest BCUT2D eigenvalue weighted by Gasteiger charge is -2.03. The largest absolute Gasteiger partial charge is 0.334 e. The Morgan fingerprint density at radius 2 is 2.06 bits per heavy atom. The Morgan fingerprint density at radius 3 is 2.71 bits per heavy atom. The highest BCUT2D eigenvalue weighted by molar-refractivity contribution is 14.1. The molecule has 88 valence electrons. The monoisotopic (exact) mass is 337 g/mol. The van der Waals surface area contributed by atoms with Crippen molar-refractivity contribution in [3.63, 3.8) is 0 Å². The zero-order valence-corrected chi connectivity index (χ0v) is 12.4. The van der Waals surface area contributed by atoms with Gasteiger partial charge in [-0.3, -0.25) is 0 Å². The van der Waals surface area contributed by atoms with Crippen LogP contribution in [0.3, 0.4) is 0 Å². The van der Waals surface area contributed by atoms with Crippen molar-refractivity contribution < 1.29 is 0 Å². The van der Waals surface area contributed by atoms with Gasteiger partial charge < -0.3 is 4.57 Å². The number of nitrogens with zero attached hydrogens (tertiary/aromatic N) is 1. The third kappa shape index (κ3) is 2.50. The van der Waals surface area contributed by atoms with E-state index in [1.54, 1.807) is 0 Å². The van der Waals surface area contributed by atoms with Gasteiger partial charge in [-0.1, -0.05) is 41.5 Å². The number of alkyl halides is 1. The van der Waals surface area contributed by atoms with Crippen LogP contribution in [0, 0.1) is 11.8 Å². The van der Waals surface area contributed by atoms with Crippen molar-refractivity contribution in [3.05, 3.63) is 35.5 Å². The minimum absolute atomic E-state index is 0.907. The number of hydrogen-bond donors (Lipinski definition) is 0. The van der Waals surface area contributed by atoms with E-state index in [-0.39, 0.29) is 0 Å². The summed E-state index contributed by atoms with van der Waals surface area (Å²) in [7, 11) is 0. The zero-order chi connectivity index (χ0) is 12.3. The molecule has 2 heteroatoms. The number of rotatable bonds is 2. The summed E-state index contributed by atoms with van der Waals surface area (Å²) in [5, 5.41) is 1.31. The summed E-state index contributed by atoms with van der Waals surface area (Å²) < 4.78 is 3.34. The highest BCUT2D eigenvalue weighted by atomic mass is 127. The van der Waals surface area contributed by atoms with Gasteiger partial charge in [0.05, 0.1) is 5.69 Å². The van der Waals surface area contributed by atoms with Crippen LogP contribution in [-0.2, 0) is 11.0 Å². The molecule has 1 heterocycles. The summed E-state index contributed by atoms with van der Waals surface area (Å²) in [5.74, 6) is 6.41. The first-order chi connectivity index (χ1) is 8.30. The van der Waals surface area contributed by atoms with E-state index in [1.165, 1.54) is 16.5 Å². The topological polar surface area (TPSA) is 4.93 Å². The maximum absolute atomic E-state index is 3.25. The van der Waals surface area contributed by atoms with Gasteiger partial charge in [-0.25, -0.2) is 0 Å². The first kappa shape index (κ1) is 12.5. The lowest BCUT2D eigenvalue weighted by Crippen LogP contribution is -1.96. The van der Waals surface area contributed by atoms with Crippen LogP contribution in [0.4, 0.5) is 0 Å². The first-order valence-electron chi connectivity index (χ1n) is 5.97. The third-order valence-corrected chi connectivity index (χ3v) is 3.71. The van der Waals surface area contributed by atoms with E-state index >= 15 is 0 Å². The zero-order valence-electron chi connectivity index (χ0n) is 10.3. The summed E-state index contributed by atoms with van der Waals surface area (Å²) in [6.07, 6.45) is 0.907. The van der Waals surface area contributed by atoms with Crippen molar-refractivity contribution in [2.24, 2.45) is 0 Å². The molecule has 0 N–H and O–H groups in total. The van der Waals surface area contributed by atoms with E-state index in [9.17, 15) is 0 Å². The quantitative estimate of drug-likeness (QED) is 0.436. The normalized spacial score (nSPS) is 10.3. The van der Waals surface area contributed by atoms with Crippen LogP contribution in [0.2, 0.25) is 0 Å². The van der Waals surface area contributed by atoms with Crippen molar-refractivity contribution in [2.75, 3.05) is 0 Å². The number of fused-ring (bicyclic) bond motifs is 1. The Balaban J connectivity index is 2.61. The van der Waals surface area contributed by atoms with Crippen LogP contribution in [0.25, 0.3) is 10.9 Å². The molecular formula is C15H16IN. The molecule has 0 spiro atoms. The molecule has 2 rings (SSSR count). The fourth-order valence-corrected chi connectivity index (χ4v) is 2.50. The summed E-state index contributed by atoms with van der Waals surface area (Å²) in [6, 6.07) is 8.89. The molecule has 1 nitrogen and oxygen atoms in total. The number of aromatic nitrogens is 1. The van der Waals surface area contributed by atoms with Gasteiger partial charge in [0.2, 0.25) is 0 Å². The predicted octanol–water partition coefficient (Wildman–Crippen LogP) is 4.36. The second-order valence-electron chi connectivity index (χ2n) is 3.96. The molecule has 0 fully saturated rings. The molecule has 0 saturated carbocycles. The van der Waals surface area contributed by atoms with E-state index in [0.29, 0.717) is 0 Å². The van der Waals surface area contributed by atoms with Gasteiger partial charge in [0.15, 0.2) is 0 Å². The Kier molecular flexibility index (Phi) is 4.11. The summed E-state index contributed by atoms with van der Waals surface area (Å²) in [4.78, 5) is 0. The second kappa shape index (κ2) is 5.59. The highest BCUT2D eigenvalue weighted by Crippen LogP contribution is 2.22. The van der Waals surface area contributed by atoms with Gasteiger partial charge >= 0.3 is 0 Å². The van der Waals surface area contributed by atoms with Crippen LogP contribution < -0.4 is 0 Å². The molecule has 0 saturated heterocycles. The van der Waals surface area contributed by atoms with Gasteiger partial charge in [-0.2, -0.15) is 0 Å². The van der Waals surface area contributed by atoms with Crippen LogP contribution in [0.5, 0.6) is 0 Å². The summed E-state index contributed by atoms with van der Waals surface area (Å²) in [6.45, 7) is 5.23. The summed E-state index contributed by atoms with van der Waals surface area (Å²) >= 11 is 2.40. The minimum atomic E-state index is 0.907. The molecule has 0 amide bonds. The van der Waals surface area contributed by atoms with Crippen molar-refractivity contribution in [3.8, 4) is 11.8 Å². The fourth-order valence-electron chi connectivity index (χ4n) is 2.03. The van der Waals surface area contributed by atoms with Crippen LogP contribution in [0.1, 0.15) is 31.5 Å². The first-order valence-corrected chi connectivity index (χ1v) is 7.49. The minimum Gasteiger partial charge on any atom is -0.334 e. The number of hydrogen-bond acceptors (Lipinski definition) is 0. The maximum atomic E-state index is 3.25. The molecule has 0 aliphatic heterocycles. The van der Waals surface area contributed by atoms with Crippen LogP contribution in [-0.4, -0.2) is 4.57 Å². The second-order valence-corrected chi connectivity index (χ2v) is 4.72. The Morgan fingerprint density at radius 1 is 1.24 bits per heavy atom. The molecule has 0 atom stereocenters. The average molecular weight is 337 g/mol. The van der Waals surface area contributed by atoms with Crippen molar-refractivity contribution >= 4 is 33.5 Å². The Hall–Kier alpha value is -0.950. The predicted molar refractivity (Wildman–Crippen MR) is 82.5 cm³/mol. The van der Waals surface area contributed by atoms with Crippen molar-refractivity contribution in [1.82, 2.24) is 4.57 Å². The van der Waals surface area contributed by atoms with Crippen LogP contribution >= 0.6 is 22.6 Å². The fraction of sp³-hybridized carbons (Fsp3) is 0.333. The maximum Gasteiger partial charge on any atom is 0.0930 e. The molecule has 2 aromatic rings. The van der Waals surface area contributed by atoms with Crippen molar-refractivity contribution in [1.29, 1.82) is 0 Å². The third-order valence-electron chi connectivity index (χ3n) is 2.83. The Bertz CT molecular complexity index is 584. The molecule has 0 aliphatic rings. The molecular weight excluding hydrogens is 321 g/mol. The number of halogens is 1. The van der Waals surface area contributed by atoms with Crippen LogP contribution in [0.15, 0.2) is 24.3 Å².